The van der Waals surface area contributed by atoms with Crippen LogP contribution in [0.5, 0.6) is 0 Å². The second kappa shape index (κ2) is 6.39. The number of morpholine rings is 1. The molecule has 13 heavy (non-hydrogen) atoms. The van der Waals surface area contributed by atoms with Gasteiger partial charge in [-0.1, -0.05) is 34.6 Å². The molecule has 0 amide bonds. The summed E-state index contributed by atoms with van der Waals surface area (Å²) in [7, 11) is 0. The Morgan fingerprint density at radius 3 is 2.38 bits per heavy atom. The van der Waals surface area contributed by atoms with E-state index < -0.39 is 0 Å². The molecule has 0 aromatic heterocycles. The van der Waals surface area contributed by atoms with Crippen LogP contribution in [0.4, 0.5) is 0 Å². The molecule has 0 spiro atoms. The summed E-state index contributed by atoms with van der Waals surface area (Å²) in [5.74, 6) is 0. The van der Waals surface area contributed by atoms with Gasteiger partial charge in [-0.05, 0) is 11.8 Å². The van der Waals surface area contributed by atoms with Gasteiger partial charge in [-0.25, -0.2) is 0 Å². The lowest BCUT2D eigenvalue weighted by molar-refractivity contribution is -0.0449. The SMILES string of the molecule is CC.CCC(C)(C)C1CNCCO1. The average molecular weight is 187 g/mol. The summed E-state index contributed by atoms with van der Waals surface area (Å²) in [5.41, 5.74) is 0.327. The fraction of sp³-hybridized carbons (Fsp3) is 1.00. The van der Waals surface area contributed by atoms with E-state index in [1.807, 2.05) is 13.8 Å². The molecule has 0 saturated carbocycles. The standard InChI is InChI=1S/C9H19NO.C2H6/c1-4-9(2,3)8-7-10-5-6-11-8;1-2/h8,10H,4-7H2,1-3H3;1-2H3. The molecule has 0 bridgehead atoms. The van der Waals surface area contributed by atoms with Crippen molar-refractivity contribution in [1.29, 1.82) is 0 Å². The smallest absolute Gasteiger partial charge is 0.0750 e. The third-order valence-electron chi connectivity index (χ3n) is 2.71. The minimum Gasteiger partial charge on any atom is -0.375 e. The zero-order valence-electron chi connectivity index (χ0n) is 9.81. The van der Waals surface area contributed by atoms with E-state index in [1.54, 1.807) is 0 Å². The quantitative estimate of drug-likeness (QED) is 0.717. The van der Waals surface area contributed by atoms with E-state index in [-0.39, 0.29) is 0 Å². The van der Waals surface area contributed by atoms with Crippen molar-refractivity contribution in [2.75, 3.05) is 19.7 Å². The average Bonchev–Trinajstić information content (AvgIpc) is 2.22. The maximum atomic E-state index is 5.67. The highest BCUT2D eigenvalue weighted by atomic mass is 16.5. The molecule has 1 aliphatic rings. The van der Waals surface area contributed by atoms with Crippen molar-refractivity contribution in [3.8, 4) is 0 Å². The molecule has 1 heterocycles. The van der Waals surface area contributed by atoms with Crippen molar-refractivity contribution >= 4 is 0 Å². The van der Waals surface area contributed by atoms with Gasteiger partial charge < -0.3 is 10.1 Å². The molecule has 2 nitrogen and oxygen atoms in total. The van der Waals surface area contributed by atoms with E-state index in [4.69, 9.17) is 4.74 Å². The summed E-state index contributed by atoms with van der Waals surface area (Å²) in [4.78, 5) is 0. The Hall–Kier alpha value is -0.0800. The fourth-order valence-corrected chi connectivity index (χ4v) is 1.29. The minimum atomic E-state index is 0.327. The minimum absolute atomic E-state index is 0.327. The van der Waals surface area contributed by atoms with Crippen molar-refractivity contribution in [2.24, 2.45) is 5.41 Å². The highest BCUT2D eigenvalue weighted by Crippen LogP contribution is 2.27. The summed E-state index contributed by atoms with van der Waals surface area (Å²) >= 11 is 0. The van der Waals surface area contributed by atoms with E-state index in [0.717, 1.165) is 19.7 Å². The molecule has 0 aromatic carbocycles. The molecule has 0 radical (unpaired) electrons. The topological polar surface area (TPSA) is 21.3 Å². The molecule has 1 rings (SSSR count). The van der Waals surface area contributed by atoms with Crippen molar-refractivity contribution in [3.63, 3.8) is 0 Å². The Kier molecular flexibility index (Phi) is 6.35. The van der Waals surface area contributed by atoms with Crippen LogP contribution in [0.1, 0.15) is 41.0 Å². The van der Waals surface area contributed by atoms with E-state index in [9.17, 15) is 0 Å². The van der Waals surface area contributed by atoms with Crippen LogP contribution in [0.2, 0.25) is 0 Å². The van der Waals surface area contributed by atoms with Gasteiger partial charge in [0.2, 0.25) is 0 Å². The van der Waals surface area contributed by atoms with Gasteiger partial charge in [0.05, 0.1) is 12.7 Å². The normalized spacial score (nSPS) is 23.3. The number of hydrogen-bond acceptors (Lipinski definition) is 2. The summed E-state index contributed by atoms with van der Waals surface area (Å²) in [6, 6.07) is 0. The Morgan fingerprint density at radius 1 is 1.38 bits per heavy atom. The van der Waals surface area contributed by atoms with E-state index in [1.165, 1.54) is 6.42 Å². The lowest BCUT2D eigenvalue weighted by Crippen LogP contribution is -2.46. The van der Waals surface area contributed by atoms with Gasteiger partial charge in [0.1, 0.15) is 0 Å². The molecule has 1 atom stereocenters. The third-order valence-corrected chi connectivity index (χ3v) is 2.71. The second-order valence-electron chi connectivity index (χ2n) is 3.91. The maximum absolute atomic E-state index is 5.67. The number of rotatable bonds is 2. The summed E-state index contributed by atoms with van der Waals surface area (Å²) in [6.45, 7) is 13.7. The van der Waals surface area contributed by atoms with Crippen molar-refractivity contribution in [3.05, 3.63) is 0 Å². The van der Waals surface area contributed by atoms with Gasteiger partial charge in [0, 0.05) is 13.1 Å². The predicted molar refractivity (Wildman–Crippen MR) is 58.0 cm³/mol. The fourth-order valence-electron chi connectivity index (χ4n) is 1.29. The number of hydrogen-bond donors (Lipinski definition) is 1. The van der Waals surface area contributed by atoms with Crippen LogP contribution < -0.4 is 5.32 Å². The molecule has 1 aliphatic heterocycles. The van der Waals surface area contributed by atoms with Gasteiger partial charge in [0.15, 0.2) is 0 Å². The van der Waals surface area contributed by atoms with Gasteiger partial charge in [-0.2, -0.15) is 0 Å². The second-order valence-corrected chi connectivity index (χ2v) is 3.91. The van der Waals surface area contributed by atoms with Crippen molar-refractivity contribution < 1.29 is 4.74 Å². The van der Waals surface area contributed by atoms with Gasteiger partial charge >= 0.3 is 0 Å². The number of nitrogens with one attached hydrogen (secondary N) is 1. The molecule has 1 unspecified atom stereocenters. The Labute approximate surface area is 83.1 Å². The predicted octanol–water partition coefficient (Wildman–Crippen LogP) is 2.44. The first-order valence-electron chi connectivity index (χ1n) is 5.49. The Morgan fingerprint density at radius 2 is 2.00 bits per heavy atom. The Balaban J connectivity index is 0.000000671. The van der Waals surface area contributed by atoms with Gasteiger partial charge in [0.25, 0.3) is 0 Å². The molecule has 80 valence electrons. The van der Waals surface area contributed by atoms with Crippen LogP contribution in [0.3, 0.4) is 0 Å². The van der Waals surface area contributed by atoms with Gasteiger partial charge in [-0.15, -0.1) is 0 Å². The van der Waals surface area contributed by atoms with E-state index in [0.29, 0.717) is 11.5 Å². The van der Waals surface area contributed by atoms with Crippen LogP contribution in [0.25, 0.3) is 0 Å². The molecule has 0 aliphatic carbocycles. The molecule has 1 saturated heterocycles. The molecule has 1 N–H and O–H groups in total. The summed E-state index contributed by atoms with van der Waals surface area (Å²) in [5, 5.41) is 3.35. The van der Waals surface area contributed by atoms with E-state index >= 15 is 0 Å². The van der Waals surface area contributed by atoms with Crippen LogP contribution in [0.15, 0.2) is 0 Å². The molecule has 0 aromatic rings. The summed E-state index contributed by atoms with van der Waals surface area (Å²) in [6.07, 6.45) is 1.58. The molecule has 1 fully saturated rings. The Bertz CT molecular complexity index is 117. The highest BCUT2D eigenvalue weighted by molar-refractivity contribution is 4.81. The van der Waals surface area contributed by atoms with Crippen LogP contribution >= 0.6 is 0 Å². The maximum Gasteiger partial charge on any atom is 0.0750 e. The first-order valence-corrected chi connectivity index (χ1v) is 5.49. The van der Waals surface area contributed by atoms with Gasteiger partial charge in [-0.3, -0.25) is 0 Å². The third kappa shape index (κ3) is 4.10. The lowest BCUT2D eigenvalue weighted by atomic mass is 9.83. The molecular formula is C11H25NO. The molecule has 2 heteroatoms. The summed E-state index contributed by atoms with van der Waals surface area (Å²) < 4.78 is 5.67. The zero-order valence-corrected chi connectivity index (χ0v) is 9.81. The first-order chi connectivity index (χ1) is 6.17. The van der Waals surface area contributed by atoms with E-state index in [2.05, 4.69) is 26.1 Å². The zero-order chi connectivity index (χ0) is 10.3. The van der Waals surface area contributed by atoms with Crippen molar-refractivity contribution in [2.45, 2.75) is 47.1 Å². The lowest BCUT2D eigenvalue weighted by Gasteiger charge is -2.36. The first kappa shape index (κ1) is 12.9. The highest BCUT2D eigenvalue weighted by Gasteiger charge is 2.29. The van der Waals surface area contributed by atoms with Crippen LogP contribution in [-0.2, 0) is 4.74 Å². The number of ether oxygens (including phenoxy) is 1. The monoisotopic (exact) mass is 187 g/mol. The largest absolute Gasteiger partial charge is 0.375 e. The van der Waals surface area contributed by atoms with Crippen LogP contribution in [-0.4, -0.2) is 25.8 Å². The molecular weight excluding hydrogens is 162 g/mol. The van der Waals surface area contributed by atoms with Crippen molar-refractivity contribution in [1.82, 2.24) is 5.32 Å². The van der Waals surface area contributed by atoms with Crippen LogP contribution in [0, 0.1) is 5.41 Å².